The van der Waals surface area contributed by atoms with Crippen molar-refractivity contribution in [3.05, 3.63) is 77.1 Å². The number of hydrogen-bond acceptors (Lipinski definition) is 4. The quantitative estimate of drug-likeness (QED) is 0.537. The number of carbonyl (C=O) groups is 1. The fraction of sp³-hybridized carbons (Fsp3) is 0.227. The Kier molecular flexibility index (Phi) is 4.60. The maximum atomic E-state index is 13.0. The molecule has 5 rings (SSSR count). The summed E-state index contributed by atoms with van der Waals surface area (Å²) in [5.41, 5.74) is 3.60. The van der Waals surface area contributed by atoms with E-state index in [1.807, 2.05) is 46.6 Å². The van der Waals surface area contributed by atoms with E-state index < -0.39 is 6.17 Å². The van der Waals surface area contributed by atoms with Crippen molar-refractivity contribution in [2.75, 3.05) is 0 Å². The molecule has 146 valence electrons. The third-order valence-corrected chi connectivity index (χ3v) is 6.08. The molecule has 29 heavy (non-hydrogen) atoms. The highest BCUT2D eigenvalue weighted by atomic mass is 32.1. The molecule has 4 aromatic rings. The zero-order valence-electron chi connectivity index (χ0n) is 15.6. The molecule has 7 heteroatoms. The molecule has 3 aromatic heterocycles. The van der Waals surface area contributed by atoms with Crippen molar-refractivity contribution in [1.29, 1.82) is 0 Å². The minimum Gasteiger partial charge on any atom is -0.348 e. The van der Waals surface area contributed by atoms with Gasteiger partial charge in [0, 0.05) is 23.8 Å². The Morgan fingerprint density at radius 1 is 1.24 bits per heavy atom. The van der Waals surface area contributed by atoms with Crippen LogP contribution in [-0.2, 0) is 6.42 Å². The lowest BCUT2D eigenvalue weighted by atomic mass is 9.90. The first-order chi connectivity index (χ1) is 14.2. The molecule has 1 saturated carbocycles. The van der Waals surface area contributed by atoms with Crippen LogP contribution in [0.25, 0.3) is 15.9 Å². The highest BCUT2D eigenvalue weighted by molar-refractivity contribution is 7.16. The Hall–Kier alpha value is -3.06. The Bertz CT molecular complexity index is 1150. The fourth-order valence-corrected chi connectivity index (χ4v) is 4.42. The van der Waals surface area contributed by atoms with Crippen molar-refractivity contribution in [3.63, 3.8) is 0 Å². The first kappa shape index (κ1) is 18.0. The molecular formula is C22H19FN4OS. The minimum absolute atomic E-state index is 0.0865. The summed E-state index contributed by atoms with van der Waals surface area (Å²) in [6, 6.07) is 13.9. The van der Waals surface area contributed by atoms with Crippen molar-refractivity contribution < 1.29 is 9.18 Å². The summed E-state index contributed by atoms with van der Waals surface area (Å²) in [6.45, 7) is 0. The number of fused-ring (bicyclic) bond motifs is 1. The number of alkyl halides is 1. The molecule has 1 fully saturated rings. The van der Waals surface area contributed by atoms with Gasteiger partial charge in [-0.15, -0.1) is 11.3 Å². The lowest BCUT2D eigenvalue weighted by Gasteiger charge is -2.30. The van der Waals surface area contributed by atoms with E-state index in [9.17, 15) is 9.18 Å². The molecular weight excluding hydrogens is 387 g/mol. The largest absolute Gasteiger partial charge is 0.348 e. The summed E-state index contributed by atoms with van der Waals surface area (Å²) < 4.78 is 14.9. The Labute approximate surface area is 171 Å². The van der Waals surface area contributed by atoms with E-state index in [0.29, 0.717) is 25.0 Å². The van der Waals surface area contributed by atoms with Crippen LogP contribution >= 0.6 is 11.3 Å². The Morgan fingerprint density at radius 3 is 2.79 bits per heavy atom. The van der Waals surface area contributed by atoms with Crippen LogP contribution in [0.2, 0.25) is 0 Å². The zero-order chi connectivity index (χ0) is 19.8. The van der Waals surface area contributed by atoms with Gasteiger partial charge in [-0.3, -0.25) is 4.79 Å². The number of halogens is 1. The van der Waals surface area contributed by atoms with E-state index in [4.69, 9.17) is 0 Å². The lowest BCUT2D eigenvalue weighted by Crippen LogP contribution is -2.45. The van der Waals surface area contributed by atoms with Crippen molar-refractivity contribution in [2.24, 2.45) is 0 Å². The number of aromatic nitrogens is 3. The van der Waals surface area contributed by atoms with Gasteiger partial charge in [-0.2, -0.15) is 5.10 Å². The summed E-state index contributed by atoms with van der Waals surface area (Å²) in [6.07, 6.45) is 4.34. The minimum atomic E-state index is -0.798. The lowest BCUT2D eigenvalue weighted by molar-refractivity contribution is 0.0855. The second-order valence-electron chi connectivity index (χ2n) is 7.34. The van der Waals surface area contributed by atoms with Crippen LogP contribution in [-0.4, -0.2) is 32.9 Å². The van der Waals surface area contributed by atoms with E-state index in [-0.39, 0.29) is 11.9 Å². The molecule has 0 bridgehead atoms. The van der Waals surface area contributed by atoms with E-state index in [1.54, 1.807) is 6.20 Å². The highest BCUT2D eigenvalue weighted by Gasteiger charge is 2.30. The summed E-state index contributed by atoms with van der Waals surface area (Å²) in [5.74, 6) is -0.229. The van der Waals surface area contributed by atoms with Crippen molar-refractivity contribution in [1.82, 2.24) is 20.1 Å². The first-order valence-corrected chi connectivity index (χ1v) is 10.4. The van der Waals surface area contributed by atoms with Gasteiger partial charge in [0.1, 0.15) is 16.7 Å². The van der Waals surface area contributed by atoms with Gasteiger partial charge >= 0.3 is 0 Å². The van der Waals surface area contributed by atoms with Gasteiger partial charge in [0.25, 0.3) is 5.91 Å². The molecule has 5 nitrogen and oxygen atoms in total. The number of carbonyl (C=O) groups excluding carboxylic acids is 1. The average Bonchev–Trinajstić information content (AvgIpc) is 3.39. The fourth-order valence-electron chi connectivity index (χ4n) is 3.61. The number of rotatable bonds is 5. The zero-order valence-corrected chi connectivity index (χ0v) is 16.4. The molecule has 3 heterocycles. The topological polar surface area (TPSA) is 59.8 Å². The van der Waals surface area contributed by atoms with Crippen LogP contribution in [0.15, 0.2) is 60.2 Å². The van der Waals surface area contributed by atoms with Gasteiger partial charge in [0.15, 0.2) is 0 Å². The number of hydrogen-bond donors (Lipinski definition) is 1. The SMILES string of the molecule is O=C(NC1CC(F)C1)c1cc(Cc2ccc(-n3cccn3)cc2)c2ccsc2n1. The van der Waals surface area contributed by atoms with Crippen LogP contribution in [0.4, 0.5) is 4.39 Å². The maximum Gasteiger partial charge on any atom is 0.270 e. The second kappa shape index (κ2) is 7.40. The molecule has 0 radical (unpaired) electrons. The highest BCUT2D eigenvalue weighted by Crippen LogP contribution is 2.27. The van der Waals surface area contributed by atoms with Crippen LogP contribution in [0.1, 0.15) is 34.5 Å². The Morgan fingerprint density at radius 2 is 2.07 bits per heavy atom. The number of nitrogens with zero attached hydrogens (tertiary/aromatic N) is 3. The van der Waals surface area contributed by atoms with Gasteiger partial charge in [0.2, 0.25) is 0 Å². The van der Waals surface area contributed by atoms with Crippen molar-refractivity contribution in [2.45, 2.75) is 31.5 Å². The predicted octanol–water partition coefficient (Wildman–Crippen LogP) is 4.30. The normalized spacial score (nSPS) is 18.5. The first-order valence-electron chi connectivity index (χ1n) is 9.57. The molecule has 1 aliphatic rings. The predicted molar refractivity (Wildman–Crippen MR) is 111 cm³/mol. The molecule has 0 spiro atoms. The number of nitrogens with one attached hydrogen (secondary N) is 1. The van der Waals surface area contributed by atoms with E-state index in [0.717, 1.165) is 27.0 Å². The number of benzene rings is 1. The average molecular weight is 406 g/mol. The van der Waals surface area contributed by atoms with Crippen LogP contribution in [0.3, 0.4) is 0 Å². The van der Waals surface area contributed by atoms with Crippen LogP contribution in [0, 0.1) is 0 Å². The molecule has 1 aromatic carbocycles. The second-order valence-corrected chi connectivity index (χ2v) is 8.23. The maximum absolute atomic E-state index is 13.0. The van der Waals surface area contributed by atoms with Crippen molar-refractivity contribution >= 4 is 27.5 Å². The molecule has 1 amide bonds. The van der Waals surface area contributed by atoms with Gasteiger partial charge < -0.3 is 5.32 Å². The van der Waals surface area contributed by atoms with E-state index in [2.05, 4.69) is 27.5 Å². The summed E-state index contributed by atoms with van der Waals surface area (Å²) in [5, 5.41) is 10.2. The molecule has 0 atom stereocenters. The van der Waals surface area contributed by atoms with Gasteiger partial charge in [-0.05, 0) is 66.1 Å². The van der Waals surface area contributed by atoms with Crippen molar-refractivity contribution in [3.8, 4) is 5.69 Å². The smallest absolute Gasteiger partial charge is 0.270 e. The van der Waals surface area contributed by atoms with Gasteiger partial charge in [-0.1, -0.05) is 12.1 Å². The molecule has 0 saturated heterocycles. The molecule has 1 aliphatic carbocycles. The van der Waals surface area contributed by atoms with Crippen LogP contribution < -0.4 is 5.32 Å². The van der Waals surface area contributed by atoms with Gasteiger partial charge in [0.05, 0.1) is 5.69 Å². The summed E-state index contributed by atoms with van der Waals surface area (Å²) in [4.78, 5) is 18.0. The van der Waals surface area contributed by atoms with E-state index >= 15 is 0 Å². The standard InChI is InChI=1S/C22H19FN4OS/c23-16-12-17(13-16)25-21(28)20-11-15(19-6-9-29-22(19)26-20)10-14-2-4-18(5-3-14)27-8-1-7-24-27/h1-9,11,16-17H,10,12-13H2,(H,25,28). The summed E-state index contributed by atoms with van der Waals surface area (Å²) in [7, 11) is 0. The monoisotopic (exact) mass is 406 g/mol. The molecule has 0 unspecified atom stereocenters. The Balaban J connectivity index is 1.40. The third kappa shape index (κ3) is 3.65. The number of thiophene rings is 1. The molecule has 1 N–H and O–H groups in total. The van der Waals surface area contributed by atoms with Gasteiger partial charge in [-0.25, -0.2) is 14.1 Å². The summed E-state index contributed by atoms with van der Waals surface area (Å²) >= 11 is 1.52. The third-order valence-electron chi connectivity index (χ3n) is 5.27. The number of amides is 1. The van der Waals surface area contributed by atoms with Crippen LogP contribution in [0.5, 0.6) is 0 Å². The number of pyridine rings is 1. The van der Waals surface area contributed by atoms with E-state index in [1.165, 1.54) is 11.3 Å². The molecule has 0 aliphatic heterocycles.